The summed E-state index contributed by atoms with van der Waals surface area (Å²) in [4.78, 5) is 68.8. The first kappa shape index (κ1) is 39.5. The second kappa shape index (κ2) is 15.5. The van der Waals surface area contributed by atoms with Gasteiger partial charge in [0, 0.05) is 29.8 Å². The minimum atomic E-state index is -3.28. The molecule has 5 aromatic rings. The molecule has 0 unspecified atom stereocenters. The predicted octanol–water partition coefficient (Wildman–Crippen LogP) is 6.88. The molecule has 3 aromatic carbocycles. The number of amides is 4. The Kier molecular flexibility index (Phi) is 10.3. The Morgan fingerprint density at radius 2 is 1.54 bits per heavy atom. The van der Waals surface area contributed by atoms with E-state index in [1.54, 1.807) is 40.3 Å². The van der Waals surface area contributed by atoms with Gasteiger partial charge in [0.15, 0.2) is 0 Å². The second-order valence-corrected chi connectivity index (χ2v) is 15.9. The summed E-state index contributed by atoms with van der Waals surface area (Å²) >= 11 is 0. The molecule has 308 valence electrons. The minimum Gasteiger partial charge on any atom is -0.453 e. The van der Waals surface area contributed by atoms with Gasteiger partial charge in [0.1, 0.15) is 24.7 Å². The fourth-order valence-corrected chi connectivity index (χ4v) is 8.34. The number of fused-ring (bicyclic) bond motifs is 4. The number of alkyl carbamates (subject to hydrolysis) is 2. The van der Waals surface area contributed by atoms with Crippen LogP contribution in [0, 0.1) is 11.3 Å². The lowest BCUT2D eigenvalue weighted by molar-refractivity contribution is -0.132. The van der Waals surface area contributed by atoms with Crippen molar-refractivity contribution in [3.05, 3.63) is 83.6 Å². The number of rotatable bonds is 12. The lowest BCUT2D eigenvalue weighted by Gasteiger charge is -2.26. The van der Waals surface area contributed by atoms with Crippen molar-refractivity contribution in [2.45, 2.75) is 58.0 Å². The van der Waals surface area contributed by atoms with Gasteiger partial charge < -0.3 is 39.9 Å². The summed E-state index contributed by atoms with van der Waals surface area (Å²) in [5.41, 5.74) is 4.51. The van der Waals surface area contributed by atoms with E-state index in [0.717, 1.165) is 31.2 Å². The molecule has 8 rings (SSSR count). The summed E-state index contributed by atoms with van der Waals surface area (Å²) in [6.07, 6.45) is 3.80. The Morgan fingerprint density at radius 1 is 0.898 bits per heavy atom. The first-order valence-corrected chi connectivity index (χ1v) is 19.7. The molecule has 3 heterocycles. The van der Waals surface area contributed by atoms with Crippen LogP contribution in [0.5, 0.6) is 0 Å². The number of halogens is 2. The maximum absolute atomic E-state index is 16.4. The van der Waals surface area contributed by atoms with Crippen molar-refractivity contribution < 1.29 is 37.4 Å². The monoisotopic (exact) mass is 808 g/mol. The molecule has 0 spiro atoms. The van der Waals surface area contributed by atoms with Crippen molar-refractivity contribution >= 4 is 35.0 Å². The number of benzene rings is 3. The van der Waals surface area contributed by atoms with Crippen molar-refractivity contribution in [2.24, 2.45) is 11.3 Å². The number of imidazole rings is 2. The number of likely N-dealkylation sites (tertiary alicyclic amines) is 1. The van der Waals surface area contributed by atoms with Gasteiger partial charge >= 0.3 is 12.2 Å². The molecular formula is C43H46F2N8O6. The first-order chi connectivity index (χ1) is 28.3. The van der Waals surface area contributed by atoms with E-state index in [1.807, 2.05) is 24.3 Å². The Labute approximate surface area is 339 Å². The van der Waals surface area contributed by atoms with E-state index in [2.05, 4.69) is 48.9 Å². The Balaban J connectivity index is 1.01. The van der Waals surface area contributed by atoms with Crippen LogP contribution >= 0.6 is 0 Å². The van der Waals surface area contributed by atoms with Crippen LogP contribution < -0.4 is 10.6 Å². The normalized spacial score (nSPS) is 18.2. The third kappa shape index (κ3) is 7.70. The average Bonchev–Trinajstić information content (AvgIpc) is 3.65. The van der Waals surface area contributed by atoms with Crippen LogP contribution in [0.2, 0.25) is 0 Å². The zero-order valence-corrected chi connectivity index (χ0v) is 33.3. The Morgan fingerprint density at radius 3 is 2.22 bits per heavy atom. The van der Waals surface area contributed by atoms with E-state index < -0.39 is 18.1 Å². The molecule has 2 fully saturated rings. The van der Waals surface area contributed by atoms with E-state index >= 15 is 8.78 Å². The highest BCUT2D eigenvalue weighted by atomic mass is 19.3. The Bertz CT molecular complexity index is 2460. The third-order valence-corrected chi connectivity index (χ3v) is 11.9. The molecule has 59 heavy (non-hydrogen) atoms. The van der Waals surface area contributed by atoms with E-state index in [9.17, 15) is 19.2 Å². The molecule has 3 aliphatic rings. The number of nitrogens with one attached hydrogen (secondary N) is 4. The molecule has 4 N–H and O–H groups in total. The van der Waals surface area contributed by atoms with Crippen LogP contribution in [-0.4, -0.2) is 94.1 Å². The molecule has 16 heteroatoms. The third-order valence-electron chi connectivity index (χ3n) is 11.9. The molecular weight excluding hydrogens is 763 g/mol. The number of nitrogens with zero attached hydrogens (tertiary/aromatic N) is 4. The predicted molar refractivity (Wildman–Crippen MR) is 214 cm³/mol. The molecule has 1 saturated carbocycles. The number of hydrogen-bond acceptors (Lipinski definition) is 8. The summed E-state index contributed by atoms with van der Waals surface area (Å²) in [5, 5.41) is 4.90. The standard InChI is InChI=1S/C43H46F2N8O6/c1-5-24-12-15-53(37(55)21-48-41(57)59-4)38(24)39-50-32-11-8-26(18-33(32)51-39)25-6-9-28-29-10-7-27(17-31(29)43(44,45)30(28)16-25)34-19-46-35(49-34)22-52(23-42(2)13-14-42)36(54)20-47-40(56)58-3/h6-11,16-19,24,38H,5,12-15,20-23H2,1-4H3,(H,46,49)(H,47,56)(H,48,57)(H,50,51)/t24-,38+/m1/s1. The van der Waals surface area contributed by atoms with Gasteiger partial charge in [0.05, 0.1) is 49.7 Å². The highest BCUT2D eigenvalue weighted by Gasteiger charge is 2.45. The van der Waals surface area contributed by atoms with Crippen molar-refractivity contribution in [1.82, 2.24) is 40.4 Å². The fourth-order valence-electron chi connectivity index (χ4n) is 8.34. The van der Waals surface area contributed by atoms with Crippen molar-refractivity contribution in [3.8, 4) is 33.5 Å². The number of alkyl halides is 2. The summed E-state index contributed by atoms with van der Waals surface area (Å²) in [7, 11) is 2.47. The maximum Gasteiger partial charge on any atom is 0.407 e. The van der Waals surface area contributed by atoms with Gasteiger partial charge in [-0.1, -0.05) is 50.6 Å². The molecule has 1 aliphatic heterocycles. The fraction of sp³-hybridized carbons (Fsp3) is 0.395. The van der Waals surface area contributed by atoms with Crippen molar-refractivity contribution in [2.75, 3.05) is 40.4 Å². The minimum absolute atomic E-state index is 0.00166. The van der Waals surface area contributed by atoms with Crippen molar-refractivity contribution in [3.63, 3.8) is 0 Å². The molecule has 0 radical (unpaired) electrons. The number of hydrogen-bond donors (Lipinski definition) is 4. The summed E-state index contributed by atoms with van der Waals surface area (Å²) in [6.45, 7) is 4.94. The van der Waals surface area contributed by atoms with Gasteiger partial charge in [0.25, 0.3) is 5.92 Å². The number of H-pyrrole nitrogens is 2. The quantitative estimate of drug-likeness (QED) is 0.106. The van der Waals surface area contributed by atoms with Crippen LogP contribution in [-0.2, 0) is 31.5 Å². The molecule has 2 atom stereocenters. The van der Waals surface area contributed by atoms with E-state index in [1.165, 1.54) is 20.3 Å². The number of methoxy groups -OCH3 is 2. The van der Waals surface area contributed by atoms with Gasteiger partial charge in [-0.25, -0.2) is 19.6 Å². The van der Waals surface area contributed by atoms with E-state index in [4.69, 9.17) is 4.98 Å². The SMILES string of the molecule is CC[C@@H]1CCN(C(=O)CNC(=O)OC)[C@@H]1c1nc2ccc(-c3ccc4c(c3)C(F)(F)c3cc(-c5cnc(CN(CC6(C)CC6)C(=O)CNC(=O)OC)[nH]5)ccc3-4)cc2[nH]1. The van der Waals surface area contributed by atoms with Crippen LogP contribution in [0.1, 0.15) is 68.3 Å². The largest absolute Gasteiger partial charge is 0.453 e. The molecule has 0 bridgehead atoms. The molecule has 1 saturated heterocycles. The van der Waals surface area contributed by atoms with E-state index in [0.29, 0.717) is 63.7 Å². The van der Waals surface area contributed by atoms with Gasteiger partial charge in [0.2, 0.25) is 11.8 Å². The first-order valence-electron chi connectivity index (χ1n) is 19.7. The molecule has 4 amide bonds. The zero-order valence-electron chi connectivity index (χ0n) is 33.3. The maximum atomic E-state index is 16.4. The topological polar surface area (TPSA) is 175 Å². The lowest BCUT2D eigenvalue weighted by atomic mass is 9.97. The summed E-state index contributed by atoms with van der Waals surface area (Å²) < 4.78 is 42.1. The Hall–Kier alpha value is -6.32. The van der Waals surface area contributed by atoms with Gasteiger partial charge in [-0.3, -0.25) is 9.59 Å². The van der Waals surface area contributed by atoms with Crippen LogP contribution in [0.3, 0.4) is 0 Å². The number of aromatic nitrogens is 4. The number of carbonyl (C=O) groups excluding carboxylic acids is 4. The van der Waals surface area contributed by atoms with Crippen LogP contribution in [0.25, 0.3) is 44.5 Å². The van der Waals surface area contributed by atoms with Crippen molar-refractivity contribution in [1.29, 1.82) is 0 Å². The molecule has 2 aromatic heterocycles. The second-order valence-electron chi connectivity index (χ2n) is 15.9. The number of aromatic amines is 2. The highest BCUT2D eigenvalue weighted by Crippen LogP contribution is 2.53. The number of ether oxygens (including phenoxy) is 2. The van der Waals surface area contributed by atoms with Gasteiger partial charge in [-0.05, 0) is 77.1 Å². The van der Waals surface area contributed by atoms with Gasteiger partial charge in [-0.2, -0.15) is 8.78 Å². The van der Waals surface area contributed by atoms with Crippen LogP contribution in [0.4, 0.5) is 18.4 Å². The van der Waals surface area contributed by atoms with E-state index in [-0.39, 0.29) is 60.0 Å². The summed E-state index contributed by atoms with van der Waals surface area (Å²) in [6, 6.07) is 15.4. The zero-order chi connectivity index (χ0) is 41.6. The highest BCUT2D eigenvalue weighted by molar-refractivity contribution is 5.87. The number of carbonyl (C=O) groups is 4. The molecule has 14 nitrogen and oxygen atoms in total. The van der Waals surface area contributed by atoms with Crippen LogP contribution in [0.15, 0.2) is 60.8 Å². The molecule has 2 aliphatic carbocycles. The van der Waals surface area contributed by atoms with Gasteiger partial charge in [-0.15, -0.1) is 0 Å². The average molecular weight is 809 g/mol. The summed E-state index contributed by atoms with van der Waals surface area (Å²) in [5.74, 6) is -2.51. The smallest absolute Gasteiger partial charge is 0.407 e. The lowest BCUT2D eigenvalue weighted by Crippen LogP contribution is -2.42.